The van der Waals surface area contributed by atoms with Crippen molar-refractivity contribution in [2.75, 3.05) is 0 Å². The molecule has 0 aliphatic rings. The number of hydrogen-bond donors (Lipinski definition) is 2. The van der Waals surface area contributed by atoms with E-state index in [1.54, 1.807) is 36.4 Å². The zero-order valence-electron chi connectivity index (χ0n) is 10.6. The minimum atomic E-state index is -0.944. The van der Waals surface area contributed by atoms with E-state index in [9.17, 15) is 9.59 Å². The van der Waals surface area contributed by atoms with Gasteiger partial charge in [-0.3, -0.25) is 4.79 Å². The average Bonchev–Trinajstić information content (AvgIpc) is 2.45. The van der Waals surface area contributed by atoms with Crippen LogP contribution in [0.25, 0.3) is 0 Å². The Morgan fingerprint density at radius 2 is 1.70 bits per heavy atom. The van der Waals surface area contributed by atoms with Crippen molar-refractivity contribution in [3.8, 4) is 0 Å². The summed E-state index contributed by atoms with van der Waals surface area (Å²) in [6.07, 6.45) is 0. The van der Waals surface area contributed by atoms with Gasteiger partial charge >= 0.3 is 5.97 Å². The summed E-state index contributed by atoms with van der Waals surface area (Å²) in [5, 5.41) is 8.82. The van der Waals surface area contributed by atoms with E-state index in [-0.39, 0.29) is 5.56 Å². The quantitative estimate of drug-likeness (QED) is 0.829. The number of amides is 1. The van der Waals surface area contributed by atoms with E-state index in [4.69, 9.17) is 10.8 Å². The summed E-state index contributed by atoms with van der Waals surface area (Å²) in [5.74, 6) is -0.783. The molecular formula is C15H13NO3S. The lowest BCUT2D eigenvalue weighted by atomic mass is 10.1. The molecule has 5 heteroatoms. The van der Waals surface area contributed by atoms with Crippen LogP contribution in [0.4, 0.5) is 0 Å². The molecule has 0 aromatic heterocycles. The van der Waals surface area contributed by atoms with Gasteiger partial charge in [-0.15, -0.1) is 11.8 Å². The molecule has 0 aliphatic heterocycles. The molecule has 2 aromatic rings. The number of nitrogens with two attached hydrogens (primary N) is 1. The molecule has 0 radical (unpaired) electrons. The van der Waals surface area contributed by atoms with Crippen LogP contribution in [0.1, 0.15) is 26.3 Å². The van der Waals surface area contributed by atoms with Crippen LogP contribution in [0.15, 0.2) is 53.4 Å². The van der Waals surface area contributed by atoms with Gasteiger partial charge in [0.15, 0.2) is 0 Å². The molecule has 0 bridgehead atoms. The molecule has 4 nitrogen and oxygen atoms in total. The SMILES string of the molecule is NC(=O)c1ccccc1CSc1ccc(C(=O)O)cc1. The van der Waals surface area contributed by atoms with Crippen molar-refractivity contribution < 1.29 is 14.7 Å². The minimum Gasteiger partial charge on any atom is -0.478 e. The third-order valence-corrected chi connectivity index (χ3v) is 3.84. The lowest BCUT2D eigenvalue weighted by Crippen LogP contribution is -2.13. The van der Waals surface area contributed by atoms with Crippen LogP contribution in [0, 0.1) is 0 Å². The second-order valence-electron chi connectivity index (χ2n) is 4.14. The Balaban J connectivity index is 2.09. The van der Waals surface area contributed by atoms with Crippen molar-refractivity contribution in [1.29, 1.82) is 0 Å². The molecule has 2 rings (SSSR count). The van der Waals surface area contributed by atoms with Gasteiger partial charge in [0.2, 0.25) is 5.91 Å². The minimum absolute atomic E-state index is 0.256. The molecule has 102 valence electrons. The molecular weight excluding hydrogens is 274 g/mol. The first-order valence-corrected chi connectivity index (χ1v) is 6.90. The number of carbonyl (C=O) groups excluding carboxylic acids is 1. The second-order valence-corrected chi connectivity index (χ2v) is 5.19. The number of aromatic carboxylic acids is 1. The number of thioether (sulfide) groups is 1. The van der Waals surface area contributed by atoms with Crippen molar-refractivity contribution in [3.63, 3.8) is 0 Å². The molecule has 0 heterocycles. The summed E-state index contributed by atoms with van der Waals surface area (Å²) in [7, 11) is 0. The molecule has 20 heavy (non-hydrogen) atoms. The Bertz CT molecular complexity index is 638. The average molecular weight is 287 g/mol. The maximum Gasteiger partial charge on any atom is 0.335 e. The summed E-state index contributed by atoms with van der Waals surface area (Å²) in [6.45, 7) is 0. The van der Waals surface area contributed by atoms with Crippen molar-refractivity contribution in [2.24, 2.45) is 5.73 Å². The number of benzene rings is 2. The van der Waals surface area contributed by atoms with Crippen LogP contribution in [-0.4, -0.2) is 17.0 Å². The molecule has 0 saturated heterocycles. The van der Waals surface area contributed by atoms with Crippen LogP contribution in [-0.2, 0) is 5.75 Å². The van der Waals surface area contributed by atoms with Crippen LogP contribution < -0.4 is 5.73 Å². The maximum absolute atomic E-state index is 11.3. The maximum atomic E-state index is 11.3. The summed E-state index contributed by atoms with van der Waals surface area (Å²) in [5.41, 5.74) is 6.96. The lowest BCUT2D eigenvalue weighted by Gasteiger charge is -2.06. The number of primary amides is 1. The first-order valence-electron chi connectivity index (χ1n) is 5.92. The van der Waals surface area contributed by atoms with Crippen molar-refractivity contribution in [2.45, 2.75) is 10.6 Å². The standard InChI is InChI=1S/C15H13NO3S/c16-14(17)13-4-2-1-3-11(13)9-20-12-7-5-10(6-8-12)15(18)19/h1-8H,9H2,(H2,16,17)(H,18,19). The summed E-state index contributed by atoms with van der Waals surface area (Å²) >= 11 is 1.52. The Kier molecular flexibility index (Phi) is 4.42. The Labute approximate surface area is 120 Å². The van der Waals surface area contributed by atoms with Gasteiger partial charge in [0.25, 0.3) is 0 Å². The predicted molar refractivity (Wildman–Crippen MR) is 77.9 cm³/mol. The Morgan fingerprint density at radius 1 is 1.05 bits per heavy atom. The highest BCUT2D eigenvalue weighted by Gasteiger charge is 2.08. The van der Waals surface area contributed by atoms with E-state index in [0.717, 1.165) is 10.5 Å². The number of carbonyl (C=O) groups is 2. The summed E-state index contributed by atoms with van der Waals surface area (Å²) in [6, 6.07) is 13.8. The fraction of sp³-hybridized carbons (Fsp3) is 0.0667. The third kappa shape index (κ3) is 3.39. The second kappa shape index (κ2) is 6.25. The molecule has 0 aliphatic carbocycles. The highest BCUT2D eigenvalue weighted by molar-refractivity contribution is 7.98. The normalized spacial score (nSPS) is 10.2. The fourth-order valence-electron chi connectivity index (χ4n) is 1.74. The smallest absolute Gasteiger partial charge is 0.335 e. The van der Waals surface area contributed by atoms with Gasteiger partial charge in [-0.1, -0.05) is 18.2 Å². The van der Waals surface area contributed by atoms with Gasteiger partial charge in [-0.05, 0) is 35.9 Å². The highest BCUT2D eigenvalue weighted by atomic mass is 32.2. The van der Waals surface area contributed by atoms with E-state index >= 15 is 0 Å². The first kappa shape index (κ1) is 14.1. The number of hydrogen-bond acceptors (Lipinski definition) is 3. The number of carboxylic acid groups (broad SMARTS) is 1. The van der Waals surface area contributed by atoms with Crippen LogP contribution >= 0.6 is 11.8 Å². The molecule has 3 N–H and O–H groups in total. The lowest BCUT2D eigenvalue weighted by molar-refractivity contribution is 0.0696. The topological polar surface area (TPSA) is 80.4 Å². The van der Waals surface area contributed by atoms with Crippen LogP contribution in [0.2, 0.25) is 0 Å². The molecule has 0 spiro atoms. The van der Waals surface area contributed by atoms with E-state index in [1.165, 1.54) is 11.8 Å². The zero-order chi connectivity index (χ0) is 14.5. The van der Waals surface area contributed by atoms with Gasteiger partial charge in [-0.2, -0.15) is 0 Å². The zero-order valence-corrected chi connectivity index (χ0v) is 11.4. The van der Waals surface area contributed by atoms with Gasteiger partial charge < -0.3 is 10.8 Å². The summed E-state index contributed by atoms with van der Waals surface area (Å²) in [4.78, 5) is 23.0. The van der Waals surface area contributed by atoms with E-state index in [1.807, 2.05) is 12.1 Å². The van der Waals surface area contributed by atoms with Crippen molar-refractivity contribution >= 4 is 23.6 Å². The van der Waals surface area contributed by atoms with E-state index in [2.05, 4.69) is 0 Å². The number of rotatable bonds is 5. The monoisotopic (exact) mass is 287 g/mol. The van der Waals surface area contributed by atoms with Gasteiger partial charge in [0, 0.05) is 16.2 Å². The molecule has 1 amide bonds. The molecule has 0 unspecified atom stereocenters. The Morgan fingerprint density at radius 3 is 2.30 bits per heavy atom. The summed E-state index contributed by atoms with van der Waals surface area (Å²) < 4.78 is 0. The van der Waals surface area contributed by atoms with Crippen LogP contribution in [0.5, 0.6) is 0 Å². The molecule has 2 aromatic carbocycles. The van der Waals surface area contributed by atoms with Crippen LogP contribution in [0.3, 0.4) is 0 Å². The molecule has 0 fully saturated rings. The van der Waals surface area contributed by atoms with Gasteiger partial charge in [-0.25, -0.2) is 4.79 Å². The molecule has 0 saturated carbocycles. The highest BCUT2D eigenvalue weighted by Crippen LogP contribution is 2.24. The van der Waals surface area contributed by atoms with Gasteiger partial charge in [0.05, 0.1) is 5.56 Å². The molecule has 0 atom stereocenters. The van der Waals surface area contributed by atoms with Gasteiger partial charge in [0.1, 0.15) is 0 Å². The largest absolute Gasteiger partial charge is 0.478 e. The van der Waals surface area contributed by atoms with Crippen molar-refractivity contribution in [3.05, 3.63) is 65.2 Å². The fourth-order valence-corrected chi connectivity index (χ4v) is 2.64. The van der Waals surface area contributed by atoms with E-state index in [0.29, 0.717) is 11.3 Å². The third-order valence-electron chi connectivity index (χ3n) is 2.78. The Hall–Kier alpha value is -2.27. The number of carboxylic acids is 1. The van der Waals surface area contributed by atoms with Crippen molar-refractivity contribution in [1.82, 2.24) is 0 Å². The van der Waals surface area contributed by atoms with E-state index < -0.39 is 11.9 Å². The first-order chi connectivity index (χ1) is 9.58. The predicted octanol–water partition coefficient (Wildman–Crippen LogP) is 2.78.